The predicted molar refractivity (Wildman–Crippen MR) is 68.7 cm³/mol. The molecule has 0 heterocycles. The number of nitrogens with two attached hydrogens (primary N) is 1. The minimum absolute atomic E-state index is 0.146. The summed E-state index contributed by atoms with van der Waals surface area (Å²) < 4.78 is 0. The van der Waals surface area contributed by atoms with Gasteiger partial charge in [0.25, 0.3) is 5.91 Å². The van der Waals surface area contributed by atoms with E-state index in [-0.39, 0.29) is 12.5 Å². The standard InChI is InChI=1S/C13H20N2O2/c1-4-15(9-13(2,3)17)12(16)10-7-5-6-8-11(10)14/h5-8,17H,4,9,14H2,1-3H3. The molecule has 0 aromatic heterocycles. The number of nitrogens with zero attached hydrogens (tertiary/aromatic N) is 1. The van der Waals surface area contributed by atoms with E-state index in [1.54, 1.807) is 43.0 Å². The Labute approximate surface area is 102 Å². The molecule has 4 heteroatoms. The molecule has 3 N–H and O–H groups in total. The molecule has 0 unspecified atom stereocenters. The number of carbonyl (C=O) groups excluding carboxylic acids is 1. The normalized spacial score (nSPS) is 11.3. The molecule has 0 bridgehead atoms. The van der Waals surface area contributed by atoms with Crippen molar-refractivity contribution >= 4 is 11.6 Å². The Kier molecular flexibility index (Phi) is 4.12. The number of carbonyl (C=O) groups is 1. The van der Waals surface area contributed by atoms with Crippen molar-refractivity contribution in [2.75, 3.05) is 18.8 Å². The molecule has 1 rings (SSSR count). The van der Waals surface area contributed by atoms with E-state index in [1.165, 1.54) is 0 Å². The van der Waals surface area contributed by atoms with Gasteiger partial charge in [-0.25, -0.2) is 0 Å². The summed E-state index contributed by atoms with van der Waals surface area (Å²) in [6.45, 7) is 6.06. The second-order valence-electron chi connectivity index (χ2n) is 4.72. The van der Waals surface area contributed by atoms with Crippen molar-refractivity contribution in [2.45, 2.75) is 26.4 Å². The molecule has 0 saturated carbocycles. The van der Waals surface area contributed by atoms with Crippen LogP contribution in [0.15, 0.2) is 24.3 Å². The molecule has 1 amide bonds. The van der Waals surface area contributed by atoms with Gasteiger partial charge in [-0.1, -0.05) is 12.1 Å². The van der Waals surface area contributed by atoms with Gasteiger partial charge < -0.3 is 15.7 Å². The third-order valence-electron chi connectivity index (χ3n) is 2.44. The minimum Gasteiger partial charge on any atom is -0.398 e. The molecule has 0 aliphatic rings. The summed E-state index contributed by atoms with van der Waals surface area (Å²) in [5.74, 6) is -0.146. The molecule has 0 aliphatic carbocycles. The molecule has 4 nitrogen and oxygen atoms in total. The summed E-state index contributed by atoms with van der Waals surface area (Å²) in [7, 11) is 0. The zero-order valence-electron chi connectivity index (χ0n) is 10.6. The lowest BCUT2D eigenvalue weighted by molar-refractivity contribution is 0.0315. The molecule has 0 saturated heterocycles. The fourth-order valence-corrected chi connectivity index (χ4v) is 1.66. The summed E-state index contributed by atoms with van der Waals surface area (Å²) in [5, 5.41) is 9.76. The van der Waals surface area contributed by atoms with E-state index < -0.39 is 5.60 Å². The smallest absolute Gasteiger partial charge is 0.256 e. The van der Waals surface area contributed by atoms with Crippen LogP contribution in [0.4, 0.5) is 5.69 Å². The van der Waals surface area contributed by atoms with Crippen LogP contribution >= 0.6 is 0 Å². The number of aliphatic hydroxyl groups is 1. The van der Waals surface area contributed by atoms with Gasteiger partial charge in [-0.15, -0.1) is 0 Å². The molecule has 0 atom stereocenters. The molecule has 0 aliphatic heterocycles. The lowest BCUT2D eigenvalue weighted by Crippen LogP contribution is -2.42. The number of nitrogen functional groups attached to an aromatic ring is 1. The fraction of sp³-hybridized carbons (Fsp3) is 0.462. The Balaban J connectivity index is 2.91. The third kappa shape index (κ3) is 3.75. The Morgan fingerprint density at radius 1 is 1.41 bits per heavy atom. The van der Waals surface area contributed by atoms with Gasteiger partial charge in [0, 0.05) is 18.8 Å². The molecule has 94 valence electrons. The molecular weight excluding hydrogens is 216 g/mol. The topological polar surface area (TPSA) is 66.6 Å². The first-order valence-corrected chi connectivity index (χ1v) is 5.71. The van der Waals surface area contributed by atoms with Crippen LogP contribution in [0, 0.1) is 0 Å². The largest absolute Gasteiger partial charge is 0.398 e. The first kappa shape index (κ1) is 13.5. The van der Waals surface area contributed by atoms with Gasteiger partial charge in [0.15, 0.2) is 0 Å². The maximum absolute atomic E-state index is 12.2. The Morgan fingerprint density at radius 2 is 2.00 bits per heavy atom. The summed E-state index contributed by atoms with van der Waals surface area (Å²) >= 11 is 0. The predicted octanol–water partition coefficient (Wildman–Crippen LogP) is 1.50. The van der Waals surface area contributed by atoms with Crippen LogP contribution < -0.4 is 5.73 Å². The van der Waals surface area contributed by atoms with Crippen molar-refractivity contribution < 1.29 is 9.90 Å². The molecule has 1 aromatic rings. The average Bonchev–Trinajstić information content (AvgIpc) is 2.24. The van der Waals surface area contributed by atoms with Crippen LogP contribution in [0.2, 0.25) is 0 Å². The van der Waals surface area contributed by atoms with E-state index >= 15 is 0 Å². The van der Waals surface area contributed by atoms with Gasteiger partial charge in [0.05, 0.1) is 11.2 Å². The molecule has 0 fully saturated rings. The van der Waals surface area contributed by atoms with E-state index in [0.717, 1.165) is 0 Å². The van der Waals surface area contributed by atoms with Gasteiger partial charge in [-0.2, -0.15) is 0 Å². The van der Waals surface area contributed by atoms with Gasteiger partial charge in [-0.3, -0.25) is 4.79 Å². The molecule has 0 radical (unpaired) electrons. The fourth-order valence-electron chi connectivity index (χ4n) is 1.66. The SMILES string of the molecule is CCN(CC(C)(C)O)C(=O)c1ccccc1N. The lowest BCUT2D eigenvalue weighted by atomic mass is 10.1. The van der Waals surface area contributed by atoms with Crippen molar-refractivity contribution in [3.63, 3.8) is 0 Å². The monoisotopic (exact) mass is 236 g/mol. The number of amides is 1. The van der Waals surface area contributed by atoms with Crippen molar-refractivity contribution in [3.05, 3.63) is 29.8 Å². The van der Waals surface area contributed by atoms with Gasteiger partial charge in [-0.05, 0) is 32.9 Å². The zero-order valence-corrected chi connectivity index (χ0v) is 10.6. The second-order valence-corrected chi connectivity index (χ2v) is 4.72. The van der Waals surface area contributed by atoms with Crippen LogP contribution in [-0.2, 0) is 0 Å². The Morgan fingerprint density at radius 3 is 2.47 bits per heavy atom. The van der Waals surface area contributed by atoms with Gasteiger partial charge in [0.1, 0.15) is 0 Å². The highest BCUT2D eigenvalue weighted by Crippen LogP contribution is 2.15. The van der Waals surface area contributed by atoms with E-state index in [0.29, 0.717) is 17.8 Å². The number of likely N-dealkylation sites (N-methyl/N-ethyl adjacent to an activating group) is 1. The van der Waals surface area contributed by atoms with E-state index in [2.05, 4.69) is 0 Å². The van der Waals surface area contributed by atoms with Gasteiger partial charge >= 0.3 is 0 Å². The lowest BCUT2D eigenvalue weighted by Gasteiger charge is -2.28. The van der Waals surface area contributed by atoms with Crippen molar-refractivity contribution in [1.29, 1.82) is 0 Å². The number of hydrogen-bond donors (Lipinski definition) is 2. The zero-order chi connectivity index (χ0) is 13.1. The van der Waals surface area contributed by atoms with E-state index in [9.17, 15) is 9.90 Å². The number of rotatable bonds is 4. The number of benzene rings is 1. The summed E-state index contributed by atoms with van der Waals surface area (Å²) in [6, 6.07) is 6.97. The van der Waals surface area contributed by atoms with Crippen LogP contribution in [0.1, 0.15) is 31.1 Å². The maximum Gasteiger partial charge on any atom is 0.256 e. The highest BCUT2D eigenvalue weighted by molar-refractivity contribution is 5.99. The quantitative estimate of drug-likeness (QED) is 0.779. The summed E-state index contributed by atoms with van der Waals surface area (Å²) in [5.41, 5.74) is 5.81. The minimum atomic E-state index is -0.908. The highest BCUT2D eigenvalue weighted by Gasteiger charge is 2.23. The molecular formula is C13H20N2O2. The second kappa shape index (κ2) is 5.19. The van der Waals surface area contributed by atoms with E-state index in [4.69, 9.17) is 5.73 Å². The van der Waals surface area contributed by atoms with E-state index in [1.807, 2.05) is 6.92 Å². The maximum atomic E-state index is 12.2. The summed E-state index contributed by atoms with van der Waals surface area (Å²) in [6.07, 6.45) is 0. The molecule has 1 aromatic carbocycles. The average molecular weight is 236 g/mol. The Hall–Kier alpha value is -1.55. The Bertz CT molecular complexity index is 397. The summed E-state index contributed by atoms with van der Waals surface area (Å²) in [4.78, 5) is 13.8. The van der Waals surface area contributed by atoms with Crippen LogP contribution in [0.25, 0.3) is 0 Å². The number of anilines is 1. The van der Waals surface area contributed by atoms with Crippen molar-refractivity contribution in [3.8, 4) is 0 Å². The van der Waals surface area contributed by atoms with Crippen molar-refractivity contribution in [2.24, 2.45) is 0 Å². The number of hydrogen-bond acceptors (Lipinski definition) is 3. The van der Waals surface area contributed by atoms with Crippen LogP contribution in [-0.4, -0.2) is 34.6 Å². The van der Waals surface area contributed by atoms with Gasteiger partial charge in [0.2, 0.25) is 0 Å². The van der Waals surface area contributed by atoms with Crippen LogP contribution in [0.5, 0.6) is 0 Å². The first-order valence-electron chi connectivity index (χ1n) is 5.71. The first-order chi connectivity index (χ1) is 7.85. The van der Waals surface area contributed by atoms with Crippen LogP contribution in [0.3, 0.4) is 0 Å². The molecule has 0 spiro atoms. The highest BCUT2D eigenvalue weighted by atomic mass is 16.3. The number of para-hydroxylation sites is 1. The van der Waals surface area contributed by atoms with Crippen molar-refractivity contribution in [1.82, 2.24) is 4.90 Å². The molecule has 17 heavy (non-hydrogen) atoms. The third-order valence-corrected chi connectivity index (χ3v) is 2.44.